The average molecular weight is 737 g/mol. The zero-order valence-corrected chi connectivity index (χ0v) is 31.0. The van der Waals surface area contributed by atoms with Crippen molar-refractivity contribution in [2.45, 2.75) is 51.0 Å². The van der Waals surface area contributed by atoms with Gasteiger partial charge in [0.15, 0.2) is 17.8 Å². The van der Waals surface area contributed by atoms with Crippen molar-refractivity contribution in [2.75, 3.05) is 27.3 Å². The summed E-state index contributed by atoms with van der Waals surface area (Å²) in [5.41, 5.74) is 10.1. The van der Waals surface area contributed by atoms with Crippen molar-refractivity contribution in [1.29, 1.82) is 0 Å². The normalized spacial score (nSPS) is 18.4. The van der Waals surface area contributed by atoms with E-state index in [4.69, 9.17) is 18.9 Å². The van der Waals surface area contributed by atoms with Gasteiger partial charge >= 0.3 is 0 Å². The first-order valence-electron chi connectivity index (χ1n) is 18.6. The molecule has 0 bridgehead atoms. The fraction of sp³-hybridized carbons (Fsp3) is 0.267. The molecule has 3 atom stereocenters. The van der Waals surface area contributed by atoms with Crippen LogP contribution in [0, 0.1) is 0 Å². The number of nitrogens with one attached hydrogen (secondary N) is 1. The van der Waals surface area contributed by atoms with Crippen molar-refractivity contribution in [3.63, 3.8) is 0 Å². The van der Waals surface area contributed by atoms with E-state index >= 15 is 0 Å². The third-order valence-corrected chi connectivity index (χ3v) is 10.4. The van der Waals surface area contributed by atoms with Crippen LogP contribution >= 0.6 is 0 Å². The molecule has 1 fully saturated rings. The summed E-state index contributed by atoms with van der Waals surface area (Å²) in [6.07, 6.45) is 2.24. The number of rotatable bonds is 11. The van der Waals surface area contributed by atoms with Crippen LogP contribution in [0.5, 0.6) is 11.5 Å². The molecule has 10 heteroatoms. The SMILES string of the molecule is COc1cc2c(cc1OC)CN(CC1CC(c3ccc(CO)cc3)OC(c3cccc(-c4cccc(CNC(=O)c5cnc6ccccc6n5)c4)c3)O1)CC2. The molecule has 2 aliphatic rings. The quantitative estimate of drug-likeness (QED) is 0.141. The molecule has 2 aliphatic heterocycles. The second kappa shape index (κ2) is 16.4. The zero-order valence-electron chi connectivity index (χ0n) is 31.0. The van der Waals surface area contributed by atoms with Crippen molar-refractivity contribution in [3.05, 3.63) is 154 Å². The summed E-state index contributed by atoms with van der Waals surface area (Å²) in [5, 5.41) is 12.7. The maximum Gasteiger partial charge on any atom is 0.271 e. The fourth-order valence-corrected chi connectivity index (χ4v) is 7.48. The van der Waals surface area contributed by atoms with Gasteiger partial charge in [-0.15, -0.1) is 0 Å². The molecule has 0 spiro atoms. The van der Waals surface area contributed by atoms with Gasteiger partial charge in [0, 0.05) is 38.2 Å². The largest absolute Gasteiger partial charge is 0.493 e. The number of carbonyl (C=O) groups excluding carboxylic acids is 1. The van der Waals surface area contributed by atoms with E-state index in [9.17, 15) is 9.90 Å². The van der Waals surface area contributed by atoms with Gasteiger partial charge in [-0.1, -0.05) is 72.8 Å². The second-order valence-electron chi connectivity index (χ2n) is 14.1. The van der Waals surface area contributed by atoms with E-state index in [0.717, 1.165) is 76.5 Å². The number of nitrogens with zero attached hydrogens (tertiary/aromatic N) is 3. The zero-order chi connectivity index (χ0) is 37.7. The van der Waals surface area contributed by atoms with Crippen LogP contribution in [0.2, 0.25) is 0 Å². The Morgan fingerprint density at radius 2 is 1.56 bits per heavy atom. The monoisotopic (exact) mass is 736 g/mol. The number of aromatic nitrogens is 2. The molecule has 5 aromatic carbocycles. The Bertz CT molecular complexity index is 2300. The molecule has 55 heavy (non-hydrogen) atoms. The molecule has 0 aliphatic carbocycles. The maximum absolute atomic E-state index is 13.0. The third kappa shape index (κ3) is 8.23. The van der Waals surface area contributed by atoms with Crippen molar-refractivity contribution in [2.24, 2.45) is 0 Å². The average Bonchev–Trinajstić information content (AvgIpc) is 3.24. The highest BCUT2D eigenvalue weighted by Crippen LogP contribution is 2.40. The number of amides is 1. The molecule has 2 N–H and O–H groups in total. The van der Waals surface area contributed by atoms with E-state index < -0.39 is 6.29 Å². The molecule has 8 rings (SSSR count). The number of fused-ring (bicyclic) bond motifs is 2. The fourth-order valence-electron chi connectivity index (χ4n) is 7.48. The number of aliphatic hydroxyl groups excluding tert-OH is 1. The minimum Gasteiger partial charge on any atom is -0.493 e. The van der Waals surface area contributed by atoms with Gasteiger partial charge in [-0.05, 0) is 81.8 Å². The second-order valence-corrected chi connectivity index (χ2v) is 14.1. The Hall–Kier alpha value is -5.65. The van der Waals surface area contributed by atoms with Crippen LogP contribution in [-0.2, 0) is 35.6 Å². The number of carbonyl (C=O) groups is 1. The van der Waals surface area contributed by atoms with Gasteiger partial charge in [0.2, 0.25) is 0 Å². The Morgan fingerprint density at radius 3 is 2.35 bits per heavy atom. The Balaban J connectivity index is 0.993. The summed E-state index contributed by atoms with van der Waals surface area (Å²) in [5.74, 6) is 1.22. The highest BCUT2D eigenvalue weighted by Gasteiger charge is 2.34. The number of hydrogen-bond acceptors (Lipinski definition) is 9. The van der Waals surface area contributed by atoms with Gasteiger partial charge in [0.25, 0.3) is 5.91 Å². The van der Waals surface area contributed by atoms with Crippen LogP contribution in [0.1, 0.15) is 62.7 Å². The molecule has 3 heterocycles. The lowest BCUT2D eigenvalue weighted by Crippen LogP contribution is -2.41. The van der Waals surface area contributed by atoms with Gasteiger partial charge in [0.05, 0.1) is 50.3 Å². The summed E-state index contributed by atoms with van der Waals surface area (Å²) in [6, 6.07) is 36.1. The molecule has 1 aromatic heterocycles. The number of aliphatic hydroxyl groups is 1. The van der Waals surface area contributed by atoms with Crippen molar-refractivity contribution < 1.29 is 28.8 Å². The molecule has 0 radical (unpaired) electrons. The van der Waals surface area contributed by atoms with Crippen LogP contribution in [0.4, 0.5) is 0 Å². The number of para-hydroxylation sites is 2. The van der Waals surface area contributed by atoms with Crippen LogP contribution in [0.15, 0.2) is 115 Å². The molecule has 1 saturated heterocycles. The first-order valence-corrected chi connectivity index (χ1v) is 18.6. The van der Waals surface area contributed by atoms with E-state index in [1.54, 1.807) is 14.2 Å². The number of benzene rings is 5. The Morgan fingerprint density at radius 1 is 0.818 bits per heavy atom. The first kappa shape index (κ1) is 36.3. The van der Waals surface area contributed by atoms with Gasteiger partial charge in [-0.2, -0.15) is 0 Å². The Kier molecular flexibility index (Phi) is 10.8. The van der Waals surface area contributed by atoms with Crippen molar-refractivity contribution in [1.82, 2.24) is 20.2 Å². The number of ether oxygens (including phenoxy) is 4. The molecule has 280 valence electrons. The lowest BCUT2D eigenvalue weighted by molar-refractivity contribution is -0.253. The highest BCUT2D eigenvalue weighted by molar-refractivity contribution is 5.93. The molecule has 6 aromatic rings. The predicted molar refractivity (Wildman–Crippen MR) is 210 cm³/mol. The first-order chi connectivity index (χ1) is 27.0. The van der Waals surface area contributed by atoms with E-state index in [-0.39, 0.29) is 30.4 Å². The van der Waals surface area contributed by atoms with Crippen LogP contribution in [0.25, 0.3) is 22.2 Å². The smallest absolute Gasteiger partial charge is 0.271 e. The summed E-state index contributed by atoms with van der Waals surface area (Å²) in [4.78, 5) is 24.3. The molecular formula is C45H44N4O6. The maximum atomic E-state index is 13.0. The molecular weight excluding hydrogens is 693 g/mol. The lowest BCUT2D eigenvalue weighted by Gasteiger charge is -2.39. The van der Waals surface area contributed by atoms with Gasteiger partial charge < -0.3 is 29.4 Å². The summed E-state index contributed by atoms with van der Waals surface area (Å²) >= 11 is 0. The minimum absolute atomic E-state index is 0.00718. The van der Waals surface area contributed by atoms with Gasteiger partial charge in [0.1, 0.15) is 5.69 Å². The third-order valence-electron chi connectivity index (χ3n) is 10.4. The van der Waals surface area contributed by atoms with E-state index in [2.05, 4.69) is 56.6 Å². The summed E-state index contributed by atoms with van der Waals surface area (Å²) in [6.45, 7) is 2.78. The highest BCUT2D eigenvalue weighted by atomic mass is 16.7. The summed E-state index contributed by atoms with van der Waals surface area (Å²) in [7, 11) is 3.34. The molecule has 10 nitrogen and oxygen atoms in total. The minimum atomic E-state index is -0.590. The van der Waals surface area contributed by atoms with E-state index in [1.165, 1.54) is 17.3 Å². The standard InChI is InChI=1S/C45H44N4O6/c1-52-42-21-34-17-18-49(26-36(34)22-43(42)53-2)27-37-23-41(31-15-13-29(28-50)14-16-31)55-45(54-37)35-10-6-9-33(20-35)32-8-5-7-30(19-32)24-47-44(51)40-25-46-38-11-3-4-12-39(38)48-40/h3-16,19-22,25,37,41,45,50H,17-18,23-24,26-28H2,1-2H3,(H,47,51). The van der Waals surface area contributed by atoms with E-state index in [1.807, 2.05) is 72.8 Å². The van der Waals surface area contributed by atoms with Crippen molar-refractivity contribution >= 4 is 16.9 Å². The van der Waals surface area contributed by atoms with E-state index in [0.29, 0.717) is 18.5 Å². The number of hydrogen-bond donors (Lipinski definition) is 2. The van der Waals surface area contributed by atoms with Gasteiger partial charge in [-0.3, -0.25) is 14.7 Å². The van der Waals surface area contributed by atoms with Crippen LogP contribution < -0.4 is 14.8 Å². The van der Waals surface area contributed by atoms with Gasteiger partial charge in [-0.25, -0.2) is 4.98 Å². The van der Waals surface area contributed by atoms with Crippen LogP contribution in [0.3, 0.4) is 0 Å². The molecule has 0 saturated carbocycles. The Labute approximate surface area is 320 Å². The molecule has 3 unspecified atom stereocenters. The molecule has 1 amide bonds. The lowest BCUT2D eigenvalue weighted by atomic mass is 9.96. The number of methoxy groups -OCH3 is 2. The topological polar surface area (TPSA) is 115 Å². The predicted octanol–water partition coefficient (Wildman–Crippen LogP) is 7.34. The summed E-state index contributed by atoms with van der Waals surface area (Å²) < 4.78 is 24.7. The van der Waals surface area contributed by atoms with Crippen LogP contribution in [-0.4, -0.2) is 59.3 Å². The van der Waals surface area contributed by atoms with Crippen molar-refractivity contribution in [3.8, 4) is 22.6 Å².